The van der Waals surface area contributed by atoms with E-state index in [0.29, 0.717) is 19.3 Å². The lowest BCUT2D eigenvalue weighted by atomic mass is 10.0. The molecular formula is C18H37NO2. The van der Waals surface area contributed by atoms with Crippen molar-refractivity contribution in [1.82, 2.24) is 0 Å². The molecule has 0 unspecified atom stereocenters. The molecule has 0 aliphatic rings. The van der Waals surface area contributed by atoms with Gasteiger partial charge in [0, 0.05) is 19.2 Å². The van der Waals surface area contributed by atoms with E-state index in [1.54, 1.807) is 0 Å². The molecule has 126 valence electrons. The van der Waals surface area contributed by atoms with Crippen LogP contribution in [0.3, 0.4) is 0 Å². The summed E-state index contributed by atoms with van der Waals surface area (Å²) in [5.74, 6) is 0. The number of hydrogen-bond acceptors (Lipinski definition) is 3. The average molecular weight is 322 g/mol. The first-order valence-electron chi connectivity index (χ1n) is 17.4. The van der Waals surface area contributed by atoms with Crippen LogP contribution < -0.4 is 5.72 Å². The second-order valence-electron chi connectivity index (χ2n) is 3.80. The first-order chi connectivity index (χ1) is 18.6. The van der Waals surface area contributed by atoms with Gasteiger partial charge in [0.15, 0.2) is 0 Å². The molecule has 0 spiro atoms. The number of aliphatic hydroxyl groups is 2. The largest absolute Gasteiger partial charge is 0.395 e. The highest BCUT2D eigenvalue weighted by molar-refractivity contribution is 4.93. The SMILES string of the molecule is [2H]/C(=C(/[2H])[C@@]([2H])(O)[C@@]([2H])(N([2H])[2H])C([2H])([2H])O)C([2H])([2H])C([2H])([2H])C([2H])([2H])C([2H])([2H])C([2H])([2H])C([2H])([2H])C([2H])([2H])CCCCCC. The fourth-order valence-electron chi connectivity index (χ4n) is 1.11. The minimum Gasteiger partial charge on any atom is -0.395 e. The Morgan fingerprint density at radius 3 is 2.48 bits per heavy atom. The molecule has 0 bridgehead atoms. The molecule has 0 aromatic rings. The van der Waals surface area contributed by atoms with E-state index in [2.05, 4.69) is 0 Å². The van der Waals surface area contributed by atoms with Gasteiger partial charge in [-0.1, -0.05) is 83.0 Å². The standard InChI is InChI=1S/C18H37NO2/c1-2-3-4-5-6-7-8-9-10-11-12-13-14-15-18(21)17(19)16-20/h14-15,17-18,20-21H,2-13,16,19H2,1H3/b15-14+/t17-,18+/m0/s1/i7D2,8D2,9D2,10D2,11D2,12D2,13D2,14D,15D,16D2,17D,18D/hD2. The number of allylic oxidation sites excluding steroid dienone is 1. The first kappa shape index (κ1) is 4.58. The van der Waals surface area contributed by atoms with Crippen molar-refractivity contribution in [2.75, 3.05) is 6.56 Å². The smallest absolute Gasteiger partial charge is 0.119 e. The zero-order valence-electron chi connectivity index (χ0n) is 33.9. The van der Waals surface area contributed by atoms with Gasteiger partial charge in [0.25, 0.3) is 0 Å². The normalized spacial score (nSPS) is 39.6. The van der Waals surface area contributed by atoms with E-state index in [0.717, 1.165) is 0 Å². The number of nitrogens with two attached hydrogens (primary N) is 1. The van der Waals surface area contributed by atoms with Crippen molar-refractivity contribution in [2.45, 2.75) is 95.7 Å². The van der Waals surface area contributed by atoms with E-state index in [9.17, 15) is 10.2 Å². The van der Waals surface area contributed by atoms with E-state index in [-0.39, 0.29) is 6.42 Å². The monoisotopic (exact) mass is 321 g/mol. The summed E-state index contributed by atoms with van der Waals surface area (Å²) in [5, 5.41) is 20.0. The Kier molecular flexibility index (Phi) is 3.49. The number of rotatable bonds is 16. The summed E-state index contributed by atoms with van der Waals surface area (Å²) in [6.07, 6.45) is -32.6. The summed E-state index contributed by atoms with van der Waals surface area (Å²) in [7, 11) is 0. The predicted molar refractivity (Wildman–Crippen MR) is 91.3 cm³/mol. The highest BCUT2D eigenvalue weighted by atomic mass is 16.3. The molecular weight excluding hydrogens is 262 g/mol. The summed E-state index contributed by atoms with van der Waals surface area (Å²) in [5.41, 5.74) is -1.10. The van der Waals surface area contributed by atoms with Crippen LogP contribution in [0.25, 0.3) is 0 Å². The van der Waals surface area contributed by atoms with Crippen molar-refractivity contribution in [1.29, 1.82) is 0 Å². The van der Waals surface area contributed by atoms with Gasteiger partial charge >= 0.3 is 0 Å². The van der Waals surface area contributed by atoms with Gasteiger partial charge in [-0.15, -0.1) is 0 Å². The first-order valence-corrected chi connectivity index (χ1v) is 6.48. The Bertz CT molecular complexity index is 1000. The Hall–Kier alpha value is -0.380. The van der Waals surface area contributed by atoms with Crippen molar-refractivity contribution in [3.8, 4) is 0 Å². The second kappa shape index (κ2) is 16.0. The van der Waals surface area contributed by atoms with Crippen LogP contribution in [-0.4, -0.2) is 28.9 Å². The maximum atomic E-state index is 10.4. The van der Waals surface area contributed by atoms with Crippen LogP contribution >= 0.6 is 0 Å². The summed E-state index contributed by atoms with van der Waals surface area (Å²) in [6.45, 7) is -2.39. The fourth-order valence-corrected chi connectivity index (χ4v) is 1.11. The van der Waals surface area contributed by atoms with Crippen molar-refractivity contribution in [2.24, 2.45) is 5.72 Å². The zero-order chi connectivity index (χ0) is 35.3. The molecule has 0 aromatic carbocycles. The maximum absolute atomic E-state index is 10.4. The van der Waals surface area contributed by atoms with E-state index in [1.165, 1.54) is 0 Å². The minimum absolute atomic E-state index is 0.0301. The Labute approximate surface area is 162 Å². The minimum atomic E-state index is -4.55. The zero-order valence-corrected chi connectivity index (χ0v) is 11.9. The Morgan fingerprint density at radius 2 is 1.81 bits per heavy atom. The Morgan fingerprint density at radius 1 is 1.14 bits per heavy atom. The van der Waals surface area contributed by atoms with Gasteiger partial charge < -0.3 is 15.9 Å². The molecule has 0 saturated heterocycles. The average Bonchev–Trinajstić information content (AvgIpc) is 2.83. The molecule has 0 heterocycles. The lowest BCUT2D eigenvalue weighted by Crippen LogP contribution is -2.36. The van der Waals surface area contributed by atoms with E-state index in [4.69, 9.17) is 30.2 Å². The van der Waals surface area contributed by atoms with Gasteiger partial charge in [-0.05, 0) is 12.7 Å². The third-order valence-electron chi connectivity index (χ3n) is 2.13. The maximum Gasteiger partial charge on any atom is 0.119 e. The molecule has 0 fully saturated rings. The van der Waals surface area contributed by atoms with Crippen LogP contribution in [0, 0.1) is 0 Å². The van der Waals surface area contributed by atoms with Crippen LogP contribution in [0.5, 0.6) is 0 Å². The fraction of sp³-hybridized carbons (Fsp3) is 0.889. The summed E-state index contributed by atoms with van der Waals surface area (Å²) < 4.78 is 174. The van der Waals surface area contributed by atoms with Crippen LogP contribution in [0.2, 0.25) is 2.82 Å². The molecule has 0 rings (SSSR count). The molecule has 0 aromatic heterocycles. The van der Waals surface area contributed by atoms with Gasteiger partial charge in [0.05, 0.1) is 26.9 Å². The van der Waals surface area contributed by atoms with Gasteiger partial charge in [-0.25, -0.2) is 0 Å². The topological polar surface area (TPSA) is 66.5 Å². The van der Waals surface area contributed by atoms with Gasteiger partial charge in [-0.2, -0.15) is 0 Å². The molecule has 21 heavy (non-hydrogen) atoms. The summed E-state index contributed by atoms with van der Waals surface area (Å²) in [4.78, 5) is 0. The summed E-state index contributed by atoms with van der Waals surface area (Å²) >= 11 is 0. The molecule has 4 N–H and O–H groups in total. The predicted octanol–water partition coefficient (Wildman–Crippen LogP) is 3.92. The van der Waals surface area contributed by atoms with E-state index in [1.807, 2.05) is 6.92 Å². The third-order valence-corrected chi connectivity index (χ3v) is 2.13. The summed E-state index contributed by atoms with van der Waals surface area (Å²) in [6, 6.07) is -8.79. The molecule has 0 saturated carbocycles. The van der Waals surface area contributed by atoms with Gasteiger partial charge in [-0.3, -0.25) is 0 Å². The highest BCUT2D eigenvalue weighted by Gasteiger charge is 2.08. The van der Waals surface area contributed by atoms with Crippen molar-refractivity contribution in [3.63, 3.8) is 0 Å². The van der Waals surface area contributed by atoms with Crippen molar-refractivity contribution >= 4 is 0 Å². The van der Waals surface area contributed by atoms with Crippen LogP contribution in [0.4, 0.5) is 0 Å². The molecule has 2 atom stereocenters. The highest BCUT2D eigenvalue weighted by Crippen LogP contribution is 2.12. The van der Waals surface area contributed by atoms with Gasteiger partial charge in [0.2, 0.25) is 0 Å². The van der Waals surface area contributed by atoms with E-state index >= 15 is 0 Å². The quantitative estimate of drug-likeness (QED) is 0.298. The Balaban J connectivity index is 7.13. The van der Waals surface area contributed by atoms with Crippen LogP contribution in [-0.2, 0) is 0 Å². The molecule has 0 aliphatic carbocycles. The third kappa shape index (κ3) is 14.3. The molecule has 3 heteroatoms. The van der Waals surface area contributed by atoms with Crippen molar-refractivity contribution in [3.05, 3.63) is 12.1 Å². The lowest BCUT2D eigenvalue weighted by molar-refractivity contribution is 0.144. The van der Waals surface area contributed by atoms with Crippen molar-refractivity contribution < 1.29 is 40.5 Å². The second-order valence-corrected chi connectivity index (χ2v) is 3.80. The molecule has 3 nitrogen and oxygen atoms in total. The van der Waals surface area contributed by atoms with Gasteiger partial charge in [0.1, 0.15) is 2.82 Å². The van der Waals surface area contributed by atoms with Crippen LogP contribution in [0.15, 0.2) is 12.1 Å². The number of hydrogen-bond donors (Lipinski definition) is 3. The van der Waals surface area contributed by atoms with Crippen LogP contribution in [0.1, 0.15) is 111 Å². The lowest BCUT2D eigenvalue weighted by Gasteiger charge is -2.11. The molecule has 0 amide bonds. The molecule has 0 radical (unpaired) electrons. The molecule has 0 aliphatic heterocycles. The number of unbranched alkanes of at least 4 members (excludes halogenated alkanes) is 3. The van der Waals surface area contributed by atoms with E-state index < -0.39 is 87.5 Å².